The molecule has 0 aliphatic heterocycles. The molecule has 1 rings (SSSR count). The molecule has 0 bridgehead atoms. The molecule has 4 unspecified atom stereocenters. The van der Waals surface area contributed by atoms with Gasteiger partial charge in [-0.1, -0.05) is 0 Å². The molecule has 0 radical (unpaired) electrons. The number of carbonyl (C=O) groups excluding carboxylic acids is 4. The van der Waals surface area contributed by atoms with Gasteiger partial charge in [-0.05, 0) is 19.3 Å². The van der Waals surface area contributed by atoms with Crippen molar-refractivity contribution in [3.63, 3.8) is 0 Å². The standard InChI is InChI=1S/C20H34N10O7/c21-11(8-31)16(33)28-12(2-1-5-26-20(23)24)17(34)29-13(3-4-15(22)32)18(35)30-14(19(36)37)6-10-7-25-9-27-10/h7,9,11-14,31H,1-6,8,21H2,(H2,22,32)(H,25,27)(H,28,33)(H,29,34)(H,30,35)(H,36,37)(H4,23,24,26). The first kappa shape index (κ1) is 30.8. The highest BCUT2D eigenvalue weighted by Gasteiger charge is 2.30. The number of amides is 4. The molecule has 1 aromatic heterocycles. The average molecular weight is 527 g/mol. The van der Waals surface area contributed by atoms with Gasteiger partial charge in [0.15, 0.2) is 5.96 Å². The molecule has 4 atom stereocenters. The van der Waals surface area contributed by atoms with E-state index in [0.29, 0.717) is 5.69 Å². The Hall–Kier alpha value is -4.25. The summed E-state index contributed by atoms with van der Waals surface area (Å²) in [7, 11) is 0. The summed E-state index contributed by atoms with van der Waals surface area (Å²) >= 11 is 0. The van der Waals surface area contributed by atoms with Gasteiger partial charge in [-0.3, -0.25) is 24.2 Å². The zero-order chi connectivity index (χ0) is 28.0. The van der Waals surface area contributed by atoms with Crippen molar-refractivity contribution in [1.82, 2.24) is 25.9 Å². The van der Waals surface area contributed by atoms with Crippen LogP contribution in [0.2, 0.25) is 0 Å². The number of aromatic amines is 1. The van der Waals surface area contributed by atoms with Crippen LogP contribution in [0.25, 0.3) is 0 Å². The Morgan fingerprint density at radius 2 is 1.57 bits per heavy atom. The zero-order valence-corrected chi connectivity index (χ0v) is 20.1. The number of hydrogen-bond donors (Lipinski definition) is 10. The quantitative estimate of drug-likeness (QED) is 0.0521. The Bertz CT molecular complexity index is 949. The molecule has 1 aromatic rings. The van der Waals surface area contributed by atoms with Crippen molar-refractivity contribution >= 4 is 35.6 Å². The number of primary amides is 1. The van der Waals surface area contributed by atoms with Crippen molar-refractivity contribution in [2.75, 3.05) is 13.2 Å². The number of rotatable bonds is 17. The molecule has 37 heavy (non-hydrogen) atoms. The second-order valence-corrected chi connectivity index (χ2v) is 8.05. The van der Waals surface area contributed by atoms with Gasteiger partial charge in [-0.2, -0.15) is 0 Å². The minimum Gasteiger partial charge on any atom is -0.480 e. The van der Waals surface area contributed by atoms with Crippen LogP contribution in [0.15, 0.2) is 17.5 Å². The summed E-state index contributed by atoms with van der Waals surface area (Å²) in [5.74, 6) is -4.81. The minimum absolute atomic E-state index is 0.0221. The highest BCUT2D eigenvalue weighted by molar-refractivity contribution is 5.94. The van der Waals surface area contributed by atoms with Gasteiger partial charge in [-0.25, -0.2) is 9.78 Å². The lowest BCUT2D eigenvalue weighted by atomic mass is 10.1. The maximum absolute atomic E-state index is 13.0. The number of guanidine groups is 1. The van der Waals surface area contributed by atoms with Gasteiger partial charge in [0.05, 0.1) is 12.9 Å². The van der Waals surface area contributed by atoms with E-state index in [1.807, 2.05) is 0 Å². The van der Waals surface area contributed by atoms with Crippen molar-refractivity contribution in [3.05, 3.63) is 18.2 Å². The number of carboxylic acid groups (broad SMARTS) is 1. The molecule has 14 N–H and O–H groups in total. The smallest absolute Gasteiger partial charge is 0.326 e. The largest absolute Gasteiger partial charge is 0.480 e. The Balaban J connectivity index is 3.02. The van der Waals surface area contributed by atoms with E-state index >= 15 is 0 Å². The monoisotopic (exact) mass is 526 g/mol. The fraction of sp³-hybridized carbons (Fsp3) is 0.550. The average Bonchev–Trinajstić information content (AvgIpc) is 3.35. The predicted octanol–water partition coefficient (Wildman–Crippen LogP) is -4.87. The van der Waals surface area contributed by atoms with Crippen LogP contribution in [-0.4, -0.2) is 93.1 Å². The number of imidazole rings is 1. The molecule has 0 aliphatic rings. The number of hydrogen-bond acceptors (Lipinski definition) is 9. The van der Waals surface area contributed by atoms with Crippen LogP contribution in [-0.2, 0) is 30.4 Å². The molecule has 0 aromatic carbocycles. The third-order valence-corrected chi connectivity index (χ3v) is 5.02. The number of H-pyrrole nitrogens is 1. The molecule has 17 nitrogen and oxygen atoms in total. The Labute approximate surface area is 211 Å². The molecule has 17 heteroatoms. The first-order valence-corrected chi connectivity index (χ1v) is 11.3. The van der Waals surface area contributed by atoms with Crippen LogP contribution >= 0.6 is 0 Å². The number of carboxylic acids is 1. The third-order valence-electron chi connectivity index (χ3n) is 5.02. The highest BCUT2D eigenvalue weighted by Crippen LogP contribution is 2.06. The first-order chi connectivity index (χ1) is 17.4. The normalized spacial score (nSPS) is 13.9. The summed E-state index contributed by atoms with van der Waals surface area (Å²) in [6.07, 6.45) is 2.33. The fourth-order valence-corrected chi connectivity index (χ4v) is 3.05. The number of carbonyl (C=O) groups is 5. The Morgan fingerprint density at radius 3 is 2.08 bits per heavy atom. The summed E-state index contributed by atoms with van der Waals surface area (Å²) in [6.45, 7) is -0.543. The van der Waals surface area contributed by atoms with Crippen molar-refractivity contribution in [3.8, 4) is 0 Å². The summed E-state index contributed by atoms with van der Waals surface area (Å²) in [4.78, 5) is 71.4. The van der Waals surface area contributed by atoms with Crippen LogP contribution in [0.4, 0.5) is 0 Å². The second-order valence-electron chi connectivity index (χ2n) is 8.05. The van der Waals surface area contributed by atoms with E-state index in [2.05, 4.69) is 30.9 Å². The lowest BCUT2D eigenvalue weighted by Gasteiger charge is -2.25. The zero-order valence-electron chi connectivity index (χ0n) is 20.1. The van der Waals surface area contributed by atoms with E-state index in [1.54, 1.807) is 0 Å². The van der Waals surface area contributed by atoms with Crippen molar-refractivity contribution in [2.45, 2.75) is 56.3 Å². The molecular formula is C20H34N10O7. The molecular weight excluding hydrogens is 492 g/mol. The van der Waals surface area contributed by atoms with Gasteiger partial charge < -0.3 is 54.1 Å². The highest BCUT2D eigenvalue weighted by atomic mass is 16.4. The van der Waals surface area contributed by atoms with Gasteiger partial charge in [0, 0.05) is 31.3 Å². The number of nitrogens with two attached hydrogens (primary N) is 4. The summed E-state index contributed by atoms with van der Waals surface area (Å²) in [6, 6.07) is -5.27. The van der Waals surface area contributed by atoms with E-state index in [-0.39, 0.29) is 44.6 Å². The van der Waals surface area contributed by atoms with E-state index < -0.39 is 60.4 Å². The van der Waals surface area contributed by atoms with Crippen LogP contribution in [0.1, 0.15) is 31.4 Å². The van der Waals surface area contributed by atoms with E-state index in [4.69, 9.17) is 28.0 Å². The number of aliphatic imine (C=N–C) groups is 1. The SMILES string of the molecule is NC(=O)CCC(NC(=O)C(CCCN=C(N)N)NC(=O)C(N)CO)C(=O)NC(Cc1cnc[nH]1)C(=O)O. The maximum atomic E-state index is 13.0. The van der Waals surface area contributed by atoms with Crippen molar-refractivity contribution in [1.29, 1.82) is 0 Å². The van der Waals surface area contributed by atoms with E-state index in [1.165, 1.54) is 12.5 Å². The molecule has 0 spiro atoms. The third kappa shape index (κ3) is 11.8. The van der Waals surface area contributed by atoms with Gasteiger partial charge in [-0.15, -0.1) is 0 Å². The summed E-state index contributed by atoms with van der Waals surface area (Å²) in [5, 5.41) is 25.7. The number of aliphatic carboxylic acids is 1. The van der Waals surface area contributed by atoms with Crippen molar-refractivity contribution < 1.29 is 34.2 Å². The van der Waals surface area contributed by atoms with Crippen molar-refractivity contribution in [2.24, 2.45) is 27.9 Å². The van der Waals surface area contributed by atoms with Gasteiger partial charge >= 0.3 is 5.97 Å². The molecule has 0 saturated heterocycles. The summed E-state index contributed by atoms with van der Waals surface area (Å²) in [5.41, 5.74) is 21.7. The number of nitrogens with one attached hydrogen (secondary N) is 4. The number of aliphatic hydroxyl groups excluding tert-OH is 1. The fourth-order valence-electron chi connectivity index (χ4n) is 3.05. The predicted molar refractivity (Wildman–Crippen MR) is 129 cm³/mol. The second kappa shape index (κ2) is 15.7. The van der Waals surface area contributed by atoms with Crippen LogP contribution in [0, 0.1) is 0 Å². The van der Waals surface area contributed by atoms with Gasteiger partial charge in [0.25, 0.3) is 0 Å². The van der Waals surface area contributed by atoms with Gasteiger partial charge in [0.2, 0.25) is 23.6 Å². The Morgan fingerprint density at radius 1 is 0.973 bits per heavy atom. The number of aromatic nitrogens is 2. The molecule has 206 valence electrons. The number of aliphatic hydroxyl groups is 1. The maximum Gasteiger partial charge on any atom is 0.326 e. The molecule has 0 saturated carbocycles. The van der Waals surface area contributed by atoms with Crippen LogP contribution < -0.4 is 38.9 Å². The van der Waals surface area contributed by atoms with Crippen LogP contribution in [0.3, 0.4) is 0 Å². The van der Waals surface area contributed by atoms with E-state index in [0.717, 1.165) is 0 Å². The topological polar surface area (TPSA) is 307 Å². The molecule has 1 heterocycles. The van der Waals surface area contributed by atoms with Crippen LogP contribution in [0.5, 0.6) is 0 Å². The number of nitrogens with zero attached hydrogens (tertiary/aromatic N) is 2. The lowest BCUT2D eigenvalue weighted by Crippen LogP contribution is -2.57. The van der Waals surface area contributed by atoms with E-state index in [9.17, 15) is 29.1 Å². The lowest BCUT2D eigenvalue weighted by molar-refractivity contribution is -0.142. The minimum atomic E-state index is -1.38. The molecule has 0 fully saturated rings. The first-order valence-electron chi connectivity index (χ1n) is 11.3. The Kier molecular flexibility index (Phi) is 13.0. The van der Waals surface area contributed by atoms with Gasteiger partial charge in [0.1, 0.15) is 24.2 Å². The molecule has 4 amide bonds. The molecule has 0 aliphatic carbocycles. The summed E-state index contributed by atoms with van der Waals surface area (Å²) < 4.78 is 0.